The number of carbonyl (C=O) groups is 1. The molecule has 7 nitrogen and oxygen atoms in total. The summed E-state index contributed by atoms with van der Waals surface area (Å²) in [4.78, 5) is 27.5. The van der Waals surface area contributed by atoms with Crippen molar-refractivity contribution in [3.63, 3.8) is 0 Å². The Labute approximate surface area is 215 Å². The summed E-state index contributed by atoms with van der Waals surface area (Å²) >= 11 is 1.74. The second-order valence-electron chi connectivity index (χ2n) is 8.85. The number of thiophene rings is 1. The zero-order valence-corrected chi connectivity index (χ0v) is 21.5. The van der Waals surface area contributed by atoms with Crippen LogP contribution in [0.1, 0.15) is 32.6 Å². The predicted molar refractivity (Wildman–Crippen MR) is 146 cm³/mol. The molecule has 4 rings (SSSR count). The highest BCUT2D eigenvalue weighted by atomic mass is 32.1. The number of unbranched alkanes of at least 4 members (excludes halogenated alkanes) is 1. The molecule has 1 unspecified atom stereocenters. The van der Waals surface area contributed by atoms with E-state index in [1.165, 1.54) is 21.1 Å². The van der Waals surface area contributed by atoms with E-state index < -0.39 is 0 Å². The summed E-state index contributed by atoms with van der Waals surface area (Å²) in [5.74, 6) is 0.609. The van der Waals surface area contributed by atoms with Crippen LogP contribution >= 0.6 is 11.3 Å². The molecule has 0 fully saturated rings. The molecule has 2 aromatic carbocycles. The number of hydrogen-bond acceptors (Lipinski definition) is 6. The van der Waals surface area contributed by atoms with Crippen LogP contribution in [0.25, 0.3) is 21.0 Å². The molecule has 0 saturated heterocycles. The van der Waals surface area contributed by atoms with E-state index in [4.69, 9.17) is 9.47 Å². The number of hydrogen-bond donors (Lipinski definition) is 3. The third kappa shape index (κ3) is 7.32. The van der Waals surface area contributed by atoms with Gasteiger partial charge < -0.3 is 24.7 Å². The van der Waals surface area contributed by atoms with Crippen molar-refractivity contribution in [3.8, 4) is 5.75 Å². The van der Waals surface area contributed by atoms with Crippen molar-refractivity contribution >= 4 is 44.0 Å². The van der Waals surface area contributed by atoms with E-state index >= 15 is 0 Å². The second-order valence-corrected chi connectivity index (χ2v) is 9.80. The molecular formula is C28H34N3O4S+. The molecule has 2 heterocycles. The van der Waals surface area contributed by atoms with Crippen LogP contribution in [0.3, 0.4) is 0 Å². The fraction of sp³-hybridized carbons (Fsp3) is 0.357. The molecule has 0 bridgehead atoms. The van der Waals surface area contributed by atoms with Crippen molar-refractivity contribution in [2.45, 2.75) is 32.6 Å². The molecule has 0 radical (unpaired) electrons. The summed E-state index contributed by atoms with van der Waals surface area (Å²) in [6.45, 7) is 5.47. The van der Waals surface area contributed by atoms with E-state index in [2.05, 4.69) is 39.9 Å². The third-order valence-corrected chi connectivity index (χ3v) is 6.95. The summed E-state index contributed by atoms with van der Waals surface area (Å²) in [5.41, 5.74) is 1.79. The maximum Gasteiger partial charge on any atom is 0.310 e. The third-order valence-electron chi connectivity index (χ3n) is 6.07. The van der Waals surface area contributed by atoms with Gasteiger partial charge in [-0.15, -0.1) is 11.3 Å². The lowest BCUT2D eigenvalue weighted by Gasteiger charge is -2.20. The summed E-state index contributed by atoms with van der Waals surface area (Å²) in [6, 6.07) is 17.5. The molecular weight excluding hydrogens is 474 g/mol. The Morgan fingerprint density at radius 3 is 2.86 bits per heavy atom. The smallest absolute Gasteiger partial charge is 0.310 e. The van der Waals surface area contributed by atoms with Gasteiger partial charge in [-0.2, -0.15) is 0 Å². The minimum absolute atomic E-state index is 0.121. The Morgan fingerprint density at radius 2 is 1.97 bits per heavy atom. The van der Waals surface area contributed by atoms with Gasteiger partial charge in [-0.3, -0.25) is 9.59 Å². The average Bonchev–Trinajstić information content (AvgIpc) is 3.36. The lowest BCUT2D eigenvalue weighted by atomic mass is 10.2. The van der Waals surface area contributed by atoms with Crippen LogP contribution in [-0.2, 0) is 9.53 Å². The standard InChI is InChI=1S/C28H33N3O4S/c1-2-6-28(33)35-20-31(16-14-29-24-7-5-8-26-23(24)13-18-36-26)15-3-4-17-34-22-11-9-21-10-12-27(32)30-25(21)19-22/h5,7-13,18-19,29H,2-4,6,14-17,20H2,1H3,(H,30,32)/p+1. The maximum atomic E-state index is 11.9. The first-order valence-corrected chi connectivity index (χ1v) is 13.5. The Bertz CT molecular complexity index is 1330. The van der Waals surface area contributed by atoms with E-state index in [-0.39, 0.29) is 11.5 Å². The fourth-order valence-corrected chi connectivity index (χ4v) is 4.95. The van der Waals surface area contributed by atoms with Gasteiger partial charge in [-0.25, -0.2) is 0 Å². The van der Waals surface area contributed by atoms with Gasteiger partial charge in [0.25, 0.3) is 0 Å². The summed E-state index contributed by atoms with van der Waals surface area (Å²) in [7, 11) is 0. The lowest BCUT2D eigenvalue weighted by Crippen LogP contribution is -3.13. The van der Waals surface area contributed by atoms with Gasteiger partial charge in [0.1, 0.15) is 5.75 Å². The number of aromatic nitrogens is 1. The van der Waals surface area contributed by atoms with Gasteiger partial charge in [0, 0.05) is 34.3 Å². The zero-order chi connectivity index (χ0) is 25.2. The number of H-pyrrole nitrogens is 1. The normalized spacial score (nSPS) is 12.0. The molecule has 36 heavy (non-hydrogen) atoms. The Kier molecular flexibility index (Phi) is 9.35. The largest absolute Gasteiger partial charge is 0.494 e. The zero-order valence-electron chi connectivity index (χ0n) is 20.7. The highest BCUT2D eigenvalue weighted by Crippen LogP contribution is 2.27. The van der Waals surface area contributed by atoms with E-state index in [1.54, 1.807) is 17.4 Å². The van der Waals surface area contributed by atoms with Gasteiger partial charge in [-0.05, 0) is 66.4 Å². The minimum atomic E-state index is -0.135. The van der Waals surface area contributed by atoms with E-state index in [9.17, 15) is 9.59 Å². The monoisotopic (exact) mass is 508 g/mol. The van der Waals surface area contributed by atoms with Crippen LogP contribution in [0, 0.1) is 0 Å². The van der Waals surface area contributed by atoms with Crippen molar-refractivity contribution in [1.29, 1.82) is 0 Å². The molecule has 0 spiro atoms. The number of rotatable bonds is 14. The number of fused-ring (bicyclic) bond motifs is 2. The molecule has 8 heteroatoms. The second kappa shape index (κ2) is 13.1. The van der Waals surface area contributed by atoms with Gasteiger partial charge in [0.15, 0.2) is 0 Å². The van der Waals surface area contributed by atoms with Crippen molar-refractivity contribution < 1.29 is 19.2 Å². The molecule has 4 aromatic rings. The first-order chi connectivity index (χ1) is 17.6. The van der Waals surface area contributed by atoms with E-state index in [0.717, 1.165) is 61.2 Å². The number of nitrogens with one attached hydrogen (secondary N) is 3. The molecule has 190 valence electrons. The quantitative estimate of drug-likeness (QED) is 0.135. The van der Waals surface area contributed by atoms with Crippen molar-refractivity contribution in [1.82, 2.24) is 4.98 Å². The van der Waals surface area contributed by atoms with Crippen molar-refractivity contribution in [2.24, 2.45) is 0 Å². The number of pyridine rings is 1. The Balaban J connectivity index is 1.24. The first kappa shape index (κ1) is 25.7. The van der Waals surface area contributed by atoms with Crippen LogP contribution in [0.15, 0.2) is 64.8 Å². The van der Waals surface area contributed by atoms with Crippen LogP contribution in [0.5, 0.6) is 5.75 Å². The lowest BCUT2D eigenvalue weighted by molar-refractivity contribution is -0.916. The van der Waals surface area contributed by atoms with Gasteiger partial charge in [0.2, 0.25) is 12.3 Å². The molecule has 0 aliphatic heterocycles. The van der Waals surface area contributed by atoms with Gasteiger partial charge in [-0.1, -0.05) is 13.0 Å². The molecule has 0 aliphatic rings. The van der Waals surface area contributed by atoms with Crippen molar-refractivity contribution in [2.75, 3.05) is 38.3 Å². The van der Waals surface area contributed by atoms with Crippen LogP contribution in [-0.4, -0.2) is 43.9 Å². The number of benzene rings is 2. The Morgan fingerprint density at radius 1 is 1.08 bits per heavy atom. The van der Waals surface area contributed by atoms with Crippen molar-refractivity contribution in [3.05, 3.63) is 70.3 Å². The SMILES string of the molecule is CCCC(=O)OC[NH+](CCCCOc1ccc2ccc(=O)[nH]c2c1)CCNc1cccc2sccc12. The molecule has 0 aliphatic carbocycles. The van der Waals surface area contributed by atoms with Gasteiger partial charge >= 0.3 is 5.97 Å². The van der Waals surface area contributed by atoms with E-state index in [1.807, 2.05) is 25.1 Å². The van der Waals surface area contributed by atoms with E-state index in [0.29, 0.717) is 19.8 Å². The number of carbonyl (C=O) groups excluding carboxylic acids is 1. The fourth-order valence-electron chi connectivity index (χ4n) is 4.14. The molecule has 1 atom stereocenters. The Hall–Kier alpha value is -3.36. The number of aromatic amines is 1. The molecule has 3 N–H and O–H groups in total. The van der Waals surface area contributed by atoms with Gasteiger partial charge in [0.05, 0.1) is 31.8 Å². The minimum Gasteiger partial charge on any atom is -0.494 e. The highest BCUT2D eigenvalue weighted by molar-refractivity contribution is 7.17. The van der Waals surface area contributed by atoms with Crippen LogP contribution < -0.4 is 20.5 Å². The van der Waals surface area contributed by atoms with Crippen LogP contribution in [0.4, 0.5) is 5.69 Å². The average molecular weight is 509 g/mol. The first-order valence-electron chi connectivity index (χ1n) is 12.6. The summed E-state index contributed by atoms with van der Waals surface area (Å²) < 4.78 is 12.7. The molecule has 0 amide bonds. The highest BCUT2D eigenvalue weighted by Gasteiger charge is 2.12. The number of quaternary nitrogens is 1. The van der Waals surface area contributed by atoms with Crippen LogP contribution in [0.2, 0.25) is 0 Å². The summed E-state index contributed by atoms with van der Waals surface area (Å²) in [5, 5.41) is 7.88. The number of anilines is 1. The number of esters is 1. The predicted octanol–water partition coefficient (Wildman–Crippen LogP) is 4.20. The maximum absolute atomic E-state index is 11.9. The molecule has 2 aromatic heterocycles. The molecule has 0 saturated carbocycles. The summed E-state index contributed by atoms with van der Waals surface area (Å²) in [6.07, 6.45) is 3.08. The topological polar surface area (TPSA) is 84.9 Å². The number of ether oxygens (including phenoxy) is 2.